The van der Waals surface area contributed by atoms with Crippen molar-refractivity contribution in [3.8, 4) is 0 Å². The number of hydrogen-bond donors (Lipinski definition) is 0. The molecule has 2 nitrogen and oxygen atoms in total. The Balaban J connectivity index is 2.62. The lowest BCUT2D eigenvalue weighted by Gasteiger charge is -2.05. The van der Waals surface area contributed by atoms with E-state index in [4.69, 9.17) is 16.3 Å². The largest absolute Gasteiger partial charge is 0.463 e. The van der Waals surface area contributed by atoms with Gasteiger partial charge in [0.2, 0.25) is 0 Å². The maximum absolute atomic E-state index is 11.3. The Morgan fingerprint density at radius 1 is 1.53 bits per heavy atom. The lowest BCUT2D eigenvalue weighted by molar-refractivity contribution is -0.138. The van der Waals surface area contributed by atoms with Gasteiger partial charge in [0, 0.05) is 17.0 Å². The molecule has 0 bridgehead atoms. The number of carbonyl (C=O) groups is 1. The van der Waals surface area contributed by atoms with Gasteiger partial charge < -0.3 is 4.74 Å². The van der Waals surface area contributed by atoms with Gasteiger partial charge in [0.15, 0.2) is 0 Å². The van der Waals surface area contributed by atoms with Crippen LogP contribution in [0.5, 0.6) is 0 Å². The van der Waals surface area contributed by atoms with Gasteiger partial charge in [0.05, 0.1) is 6.61 Å². The smallest absolute Gasteiger partial charge is 0.333 e. The van der Waals surface area contributed by atoms with Gasteiger partial charge in [-0.2, -0.15) is 0 Å². The van der Waals surface area contributed by atoms with Gasteiger partial charge in [-0.05, 0) is 24.6 Å². The first-order valence-corrected chi connectivity index (χ1v) is 5.10. The molecule has 0 saturated carbocycles. The molecule has 0 aromatic heterocycles. The third-order valence-electron chi connectivity index (χ3n) is 1.87. The van der Waals surface area contributed by atoms with Crippen molar-refractivity contribution < 1.29 is 9.53 Å². The van der Waals surface area contributed by atoms with Crippen molar-refractivity contribution in [3.05, 3.63) is 47.0 Å². The molecule has 15 heavy (non-hydrogen) atoms. The molecule has 0 spiro atoms. The summed E-state index contributed by atoms with van der Waals surface area (Å²) in [6.07, 6.45) is 0.472. The standard InChI is InChI=1S/C12H13ClO2/c1-3-15-12(14)9(2)7-10-5-4-6-11(13)8-10/h4-6,8H,2-3,7H2,1H3. The van der Waals surface area contributed by atoms with Crippen molar-refractivity contribution >= 4 is 17.6 Å². The van der Waals surface area contributed by atoms with E-state index in [1.54, 1.807) is 13.0 Å². The molecule has 0 fully saturated rings. The minimum atomic E-state index is -0.350. The molecule has 0 aliphatic rings. The van der Waals surface area contributed by atoms with E-state index in [1.165, 1.54) is 0 Å². The van der Waals surface area contributed by atoms with Gasteiger partial charge in [0.1, 0.15) is 0 Å². The number of carbonyl (C=O) groups excluding carboxylic acids is 1. The van der Waals surface area contributed by atoms with E-state index < -0.39 is 0 Å². The average Bonchev–Trinajstić information content (AvgIpc) is 2.18. The summed E-state index contributed by atoms with van der Waals surface area (Å²) in [5.41, 5.74) is 1.40. The first-order chi connectivity index (χ1) is 7.13. The highest BCUT2D eigenvalue weighted by molar-refractivity contribution is 6.30. The Kier molecular flexibility index (Phi) is 4.37. The number of halogens is 1. The molecule has 0 aliphatic heterocycles. The Hall–Kier alpha value is -1.28. The molecule has 80 valence electrons. The molecule has 0 radical (unpaired) electrons. The fourth-order valence-corrected chi connectivity index (χ4v) is 1.41. The maximum Gasteiger partial charge on any atom is 0.333 e. The van der Waals surface area contributed by atoms with Crippen LogP contribution in [0.4, 0.5) is 0 Å². The van der Waals surface area contributed by atoms with Gasteiger partial charge in [-0.25, -0.2) is 4.79 Å². The summed E-state index contributed by atoms with van der Waals surface area (Å²) in [5, 5.41) is 0.657. The van der Waals surface area contributed by atoms with Crippen molar-refractivity contribution in [1.82, 2.24) is 0 Å². The Bertz CT molecular complexity index is 372. The van der Waals surface area contributed by atoms with Gasteiger partial charge in [-0.1, -0.05) is 30.3 Å². The van der Waals surface area contributed by atoms with Crippen LogP contribution in [0.1, 0.15) is 12.5 Å². The predicted octanol–water partition coefficient (Wildman–Crippen LogP) is 3.00. The molecule has 1 aromatic carbocycles. The summed E-state index contributed by atoms with van der Waals surface area (Å²) in [6, 6.07) is 7.34. The highest BCUT2D eigenvalue weighted by Gasteiger charge is 2.08. The normalized spacial score (nSPS) is 9.73. The molecular formula is C12H13ClO2. The quantitative estimate of drug-likeness (QED) is 0.581. The zero-order chi connectivity index (χ0) is 11.3. The third kappa shape index (κ3) is 3.76. The molecule has 0 saturated heterocycles. The highest BCUT2D eigenvalue weighted by atomic mass is 35.5. The summed E-state index contributed by atoms with van der Waals surface area (Å²) >= 11 is 5.82. The second kappa shape index (κ2) is 5.56. The minimum absolute atomic E-state index is 0.350. The highest BCUT2D eigenvalue weighted by Crippen LogP contribution is 2.14. The van der Waals surface area contributed by atoms with Gasteiger partial charge >= 0.3 is 5.97 Å². The summed E-state index contributed by atoms with van der Waals surface area (Å²) < 4.78 is 4.83. The van der Waals surface area contributed by atoms with Gasteiger partial charge in [-0.15, -0.1) is 0 Å². The van der Waals surface area contributed by atoms with Crippen LogP contribution < -0.4 is 0 Å². The van der Waals surface area contributed by atoms with E-state index in [2.05, 4.69) is 6.58 Å². The summed E-state index contributed by atoms with van der Waals surface area (Å²) in [7, 11) is 0. The lowest BCUT2D eigenvalue weighted by atomic mass is 10.1. The summed E-state index contributed by atoms with van der Waals surface area (Å²) in [5.74, 6) is -0.350. The van der Waals surface area contributed by atoms with Gasteiger partial charge in [0.25, 0.3) is 0 Å². The molecule has 0 N–H and O–H groups in total. The van der Waals surface area contributed by atoms with Crippen LogP contribution >= 0.6 is 11.6 Å². The molecule has 1 rings (SSSR count). The SMILES string of the molecule is C=C(Cc1cccc(Cl)c1)C(=O)OCC. The monoisotopic (exact) mass is 224 g/mol. The van der Waals surface area contributed by atoms with Gasteiger partial charge in [-0.3, -0.25) is 0 Å². The van der Waals surface area contributed by atoms with Crippen LogP contribution in [-0.4, -0.2) is 12.6 Å². The Labute approximate surface area is 94.5 Å². The zero-order valence-electron chi connectivity index (χ0n) is 8.63. The topological polar surface area (TPSA) is 26.3 Å². The maximum atomic E-state index is 11.3. The fourth-order valence-electron chi connectivity index (χ4n) is 1.20. The number of hydrogen-bond acceptors (Lipinski definition) is 2. The van der Waals surface area contributed by atoms with E-state index in [0.29, 0.717) is 23.6 Å². The summed E-state index contributed by atoms with van der Waals surface area (Å²) in [4.78, 5) is 11.3. The first-order valence-electron chi connectivity index (χ1n) is 4.73. The molecule has 0 heterocycles. The summed E-state index contributed by atoms with van der Waals surface area (Å²) in [6.45, 7) is 5.82. The van der Waals surface area contributed by atoms with E-state index in [0.717, 1.165) is 5.56 Å². The minimum Gasteiger partial charge on any atom is -0.463 e. The molecule has 0 unspecified atom stereocenters. The van der Waals surface area contributed by atoms with Crippen LogP contribution in [-0.2, 0) is 16.0 Å². The number of ether oxygens (including phenoxy) is 1. The zero-order valence-corrected chi connectivity index (χ0v) is 9.38. The molecule has 0 atom stereocenters. The van der Waals surface area contributed by atoms with Crippen molar-refractivity contribution in [1.29, 1.82) is 0 Å². The second-order valence-corrected chi connectivity index (χ2v) is 3.57. The molecule has 0 amide bonds. The molecular weight excluding hydrogens is 212 g/mol. The second-order valence-electron chi connectivity index (χ2n) is 3.13. The Morgan fingerprint density at radius 3 is 2.87 bits per heavy atom. The average molecular weight is 225 g/mol. The number of esters is 1. The van der Waals surface area contributed by atoms with Crippen LogP contribution in [0.15, 0.2) is 36.4 Å². The number of rotatable bonds is 4. The fraction of sp³-hybridized carbons (Fsp3) is 0.250. The van der Waals surface area contributed by atoms with Crippen molar-refractivity contribution in [2.75, 3.05) is 6.61 Å². The van der Waals surface area contributed by atoms with Crippen molar-refractivity contribution in [3.63, 3.8) is 0 Å². The first kappa shape index (κ1) is 11.8. The van der Waals surface area contributed by atoms with Crippen molar-refractivity contribution in [2.45, 2.75) is 13.3 Å². The van der Waals surface area contributed by atoms with E-state index in [-0.39, 0.29) is 5.97 Å². The predicted molar refractivity (Wildman–Crippen MR) is 60.9 cm³/mol. The van der Waals surface area contributed by atoms with Crippen LogP contribution in [0.25, 0.3) is 0 Å². The van der Waals surface area contributed by atoms with E-state index in [9.17, 15) is 4.79 Å². The molecule has 3 heteroatoms. The Morgan fingerprint density at radius 2 is 2.27 bits per heavy atom. The number of benzene rings is 1. The van der Waals surface area contributed by atoms with E-state index >= 15 is 0 Å². The lowest BCUT2D eigenvalue weighted by Crippen LogP contribution is -2.08. The van der Waals surface area contributed by atoms with Crippen LogP contribution in [0, 0.1) is 0 Å². The van der Waals surface area contributed by atoms with E-state index in [1.807, 2.05) is 18.2 Å². The van der Waals surface area contributed by atoms with Crippen LogP contribution in [0.3, 0.4) is 0 Å². The van der Waals surface area contributed by atoms with Crippen LogP contribution in [0.2, 0.25) is 5.02 Å². The molecule has 0 aliphatic carbocycles. The van der Waals surface area contributed by atoms with Crippen molar-refractivity contribution in [2.24, 2.45) is 0 Å². The molecule has 1 aromatic rings. The third-order valence-corrected chi connectivity index (χ3v) is 2.11.